The third-order valence-corrected chi connectivity index (χ3v) is 4.80. The quantitative estimate of drug-likeness (QED) is 0.858. The molecule has 3 rings (SSSR count). The van der Waals surface area contributed by atoms with Gasteiger partial charge in [-0.2, -0.15) is 0 Å². The molecule has 5 nitrogen and oxygen atoms in total. The minimum absolute atomic E-state index is 0.0782. The molecule has 0 aliphatic carbocycles. The van der Waals surface area contributed by atoms with Crippen LogP contribution in [0, 0.1) is 5.82 Å². The third kappa shape index (κ3) is 4.98. The van der Waals surface area contributed by atoms with Crippen LogP contribution in [0.15, 0.2) is 48.5 Å². The molecule has 1 fully saturated rings. The summed E-state index contributed by atoms with van der Waals surface area (Å²) in [6, 6.07) is 13.4. The first-order chi connectivity index (χ1) is 13.0. The van der Waals surface area contributed by atoms with E-state index >= 15 is 0 Å². The second kappa shape index (κ2) is 8.86. The molecule has 2 aromatic carbocycles. The van der Waals surface area contributed by atoms with Crippen molar-refractivity contribution in [1.82, 2.24) is 10.2 Å². The van der Waals surface area contributed by atoms with Crippen LogP contribution in [0.2, 0.25) is 5.02 Å². The van der Waals surface area contributed by atoms with Gasteiger partial charge in [0.15, 0.2) is 0 Å². The number of likely N-dealkylation sites (tertiary alicyclic amines) is 1. The van der Waals surface area contributed by atoms with Crippen molar-refractivity contribution < 1.29 is 18.7 Å². The number of hydrogen-bond acceptors (Lipinski definition) is 3. The number of ether oxygens (including phenoxy) is 1. The molecule has 0 aromatic heterocycles. The predicted octanol–water partition coefficient (Wildman–Crippen LogP) is 4.01. The predicted molar refractivity (Wildman–Crippen MR) is 100 cm³/mol. The highest BCUT2D eigenvalue weighted by Crippen LogP contribution is 2.20. The summed E-state index contributed by atoms with van der Waals surface area (Å²) in [6.45, 7) is 1.15. The van der Waals surface area contributed by atoms with Gasteiger partial charge < -0.3 is 15.0 Å². The number of benzene rings is 2. The van der Waals surface area contributed by atoms with E-state index in [9.17, 15) is 14.0 Å². The molecule has 142 valence electrons. The number of rotatable bonds is 4. The van der Waals surface area contributed by atoms with Gasteiger partial charge in [0, 0.05) is 19.1 Å². The maximum Gasteiger partial charge on any atom is 0.410 e. The van der Waals surface area contributed by atoms with Crippen molar-refractivity contribution in [2.24, 2.45) is 0 Å². The van der Waals surface area contributed by atoms with E-state index in [1.54, 1.807) is 4.90 Å². The van der Waals surface area contributed by atoms with E-state index in [0.717, 1.165) is 5.56 Å². The van der Waals surface area contributed by atoms with Crippen LogP contribution in [0.25, 0.3) is 0 Å². The van der Waals surface area contributed by atoms with Crippen LogP contribution in [0.3, 0.4) is 0 Å². The second-order valence-corrected chi connectivity index (χ2v) is 6.78. The van der Waals surface area contributed by atoms with Gasteiger partial charge in [-0.3, -0.25) is 4.79 Å². The maximum atomic E-state index is 13.8. The molecule has 1 aliphatic heterocycles. The summed E-state index contributed by atoms with van der Waals surface area (Å²) in [6.07, 6.45) is 0.761. The zero-order valence-electron chi connectivity index (χ0n) is 14.7. The fraction of sp³-hybridized carbons (Fsp3) is 0.300. The van der Waals surface area contributed by atoms with Crippen LogP contribution in [0.4, 0.5) is 9.18 Å². The van der Waals surface area contributed by atoms with Crippen molar-refractivity contribution in [1.29, 1.82) is 0 Å². The number of carbonyl (C=O) groups excluding carboxylic acids is 2. The van der Waals surface area contributed by atoms with Gasteiger partial charge in [0.2, 0.25) is 0 Å². The monoisotopic (exact) mass is 390 g/mol. The summed E-state index contributed by atoms with van der Waals surface area (Å²) in [5.74, 6) is -1.19. The van der Waals surface area contributed by atoms with Crippen LogP contribution >= 0.6 is 11.6 Å². The Labute approximate surface area is 162 Å². The van der Waals surface area contributed by atoms with Crippen molar-refractivity contribution in [2.75, 3.05) is 13.1 Å². The van der Waals surface area contributed by atoms with Crippen LogP contribution in [0.1, 0.15) is 28.8 Å². The van der Waals surface area contributed by atoms with E-state index in [1.807, 2.05) is 30.3 Å². The molecule has 0 atom stereocenters. The summed E-state index contributed by atoms with van der Waals surface area (Å²) in [4.78, 5) is 26.1. The number of nitrogens with one attached hydrogen (secondary N) is 1. The van der Waals surface area contributed by atoms with E-state index < -0.39 is 11.7 Å². The lowest BCUT2D eigenvalue weighted by Gasteiger charge is -2.31. The minimum Gasteiger partial charge on any atom is -0.445 e. The summed E-state index contributed by atoms with van der Waals surface area (Å²) >= 11 is 5.92. The number of piperidine rings is 1. The van der Waals surface area contributed by atoms with Gasteiger partial charge in [-0.15, -0.1) is 0 Å². The van der Waals surface area contributed by atoms with Gasteiger partial charge in [0.05, 0.1) is 10.6 Å². The number of amides is 2. The van der Waals surface area contributed by atoms with E-state index in [1.165, 1.54) is 18.2 Å². The average molecular weight is 391 g/mol. The standard InChI is InChI=1S/C20H20ClFN2O3/c21-16-7-4-8-17(22)18(16)19(25)23-15-9-11-24(12-10-15)20(26)27-13-14-5-2-1-3-6-14/h1-8,15H,9-13H2,(H,23,25). The van der Waals surface area contributed by atoms with E-state index in [0.29, 0.717) is 25.9 Å². The van der Waals surface area contributed by atoms with E-state index in [-0.39, 0.29) is 29.3 Å². The van der Waals surface area contributed by atoms with Crippen molar-refractivity contribution >= 4 is 23.6 Å². The van der Waals surface area contributed by atoms with Gasteiger partial charge in [-0.05, 0) is 30.5 Å². The third-order valence-electron chi connectivity index (χ3n) is 4.48. The summed E-state index contributed by atoms with van der Waals surface area (Å²) in [5.41, 5.74) is 0.777. The zero-order chi connectivity index (χ0) is 19.2. The lowest BCUT2D eigenvalue weighted by molar-refractivity contribution is 0.0808. The van der Waals surface area contributed by atoms with Gasteiger partial charge >= 0.3 is 6.09 Å². The summed E-state index contributed by atoms with van der Waals surface area (Å²) in [5, 5.41) is 2.87. The maximum absolute atomic E-state index is 13.8. The highest BCUT2D eigenvalue weighted by Gasteiger charge is 2.26. The van der Waals surface area contributed by atoms with Crippen molar-refractivity contribution in [2.45, 2.75) is 25.5 Å². The molecule has 0 saturated carbocycles. The largest absolute Gasteiger partial charge is 0.445 e. The van der Waals surface area contributed by atoms with Gasteiger partial charge in [-0.1, -0.05) is 48.0 Å². The van der Waals surface area contributed by atoms with Gasteiger partial charge in [0.1, 0.15) is 12.4 Å². The lowest BCUT2D eigenvalue weighted by atomic mass is 10.0. The Morgan fingerprint density at radius 1 is 1.11 bits per heavy atom. The summed E-state index contributed by atoms with van der Waals surface area (Å²) in [7, 11) is 0. The molecular formula is C20H20ClFN2O3. The number of carbonyl (C=O) groups is 2. The second-order valence-electron chi connectivity index (χ2n) is 6.37. The van der Waals surface area contributed by atoms with Crippen molar-refractivity contribution in [3.05, 3.63) is 70.5 Å². The first kappa shape index (κ1) is 19.2. The minimum atomic E-state index is -0.651. The van der Waals surface area contributed by atoms with Crippen molar-refractivity contribution in [3.8, 4) is 0 Å². The molecule has 0 radical (unpaired) electrons. The lowest BCUT2D eigenvalue weighted by Crippen LogP contribution is -2.46. The van der Waals surface area contributed by atoms with E-state index in [4.69, 9.17) is 16.3 Å². The molecule has 27 heavy (non-hydrogen) atoms. The smallest absolute Gasteiger partial charge is 0.410 e. The number of nitrogens with zero attached hydrogens (tertiary/aromatic N) is 1. The topological polar surface area (TPSA) is 58.6 Å². The first-order valence-electron chi connectivity index (χ1n) is 8.75. The number of hydrogen-bond donors (Lipinski definition) is 1. The molecule has 7 heteroatoms. The van der Waals surface area contributed by atoms with Gasteiger partial charge in [-0.25, -0.2) is 9.18 Å². The normalized spacial score (nSPS) is 14.7. The highest BCUT2D eigenvalue weighted by molar-refractivity contribution is 6.33. The molecular weight excluding hydrogens is 371 g/mol. The molecule has 2 amide bonds. The Morgan fingerprint density at radius 2 is 1.81 bits per heavy atom. The van der Waals surface area contributed by atoms with Gasteiger partial charge in [0.25, 0.3) is 5.91 Å². The van der Waals surface area contributed by atoms with Crippen LogP contribution < -0.4 is 5.32 Å². The Hall–Kier alpha value is -2.60. The molecule has 0 spiro atoms. The molecule has 2 aromatic rings. The summed E-state index contributed by atoms with van der Waals surface area (Å²) < 4.78 is 19.2. The fourth-order valence-electron chi connectivity index (χ4n) is 2.99. The Morgan fingerprint density at radius 3 is 2.48 bits per heavy atom. The molecule has 1 saturated heterocycles. The zero-order valence-corrected chi connectivity index (χ0v) is 15.4. The Bertz CT molecular complexity index is 788. The first-order valence-corrected chi connectivity index (χ1v) is 9.13. The molecule has 1 heterocycles. The van der Waals surface area contributed by atoms with Crippen LogP contribution in [-0.4, -0.2) is 36.0 Å². The average Bonchev–Trinajstić information content (AvgIpc) is 2.67. The SMILES string of the molecule is O=C(NC1CCN(C(=O)OCc2ccccc2)CC1)c1c(F)cccc1Cl. The highest BCUT2D eigenvalue weighted by atomic mass is 35.5. The van der Waals surface area contributed by atoms with Crippen LogP contribution in [0.5, 0.6) is 0 Å². The Kier molecular flexibility index (Phi) is 6.29. The molecule has 0 unspecified atom stereocenters. The fourth-order valence-corrected chi connectivity index (χ4v) is 3.24. The molecule has 1 aliphatic rings. The number of halogens is 2. The van der Waals surface area contributed by atoms with E-state index in [2.05, 4.69) is 5.32 Å². The molecule has 0 bridgehead atoms. The van der Waals surface area contributed by atoms with Crippen molar-refractivity contribution in [3.63, 3.8) is 0 Å². The van der Waals surface area contributed by atoms with Crippen LogP contribution in [-0.2, 0) is 11.3 Å². The Balaban J connectivity index is 1.47. The molecule has 1 N–H and O–H groups in total.